The van der Waals surface area contributed by atoms with Crippen LogP contribution in [0, 0.1) is 5.92 Å². The van der Waals surface area contributed by atoms with Crippen LogP contribution in [-0.4, -0.2) is 17.3 Å². The minimum atomic E-state index is -0.601. The minimum absolute atomic E-state index is 0.428. The van der Waals surface area contributed by atoms with Crippen LogP contribution < -0.4 is 5.32 Å². The molecule has 0 atom stereocenters. The van der Waals surface area contributed by atoms with Gasteiger partial charge < -0.3 is 15.5 Å². The fraction of sp³-hybridized carbons (Fsp3) is 0.714. The molecule has 0 aliphatic carbocycles. The molecule has 0 fully saturated rings. The van der Waals surface area contributed by atoms with Crippen LogP contribution in [0.2, 0.25) is 0 Å². The first-order chi connectivity index (χ1) is 4.57. The molecular weight excluding hydrogens is 130 g/mol. The quantitative estimate of drug-likeness (QED) is 0.528. The predicted molar refractivity (Wildman–Crippen MR) is 40.8 cm³/mol. The van der Waals surface area contributed by atoms with E-state index in [4.69, 9.17) is 10.2 Å². The molecule has 3 N–H and O–H groups in total. The van der Waals surface area contributed by atoms with Gasteiger partial charge in [0.1, 0.15) is 0 Å². The Hall–Kier alpha value is -0.860. The van der Waals surface area contributed by atoms with Crippen molar-refractivity contribution < 1.29 is 10.2 Å². The lowest BCUT2D eigenvalue weighted by Crippen LogP contribution is -2.11. The highest BCUT2D eigenvalue weighted by Gasteiger charge is 2.03. The van der Waals surface area contributed by atoms with E-state index in [0.717, 1.165) is 0 Å². The highest BCUT2D eigenvalue weighted by molar-refractivity contribution is 4.98. The topological polar surface area (TPSA) is 52.5 Å². The average Bonchev–Trinajstić information content (AvgIpc) is 1.81. The zero-order chi connectivity index (χ0) is 8.15. The molecule has 0 unspecified atom stereocenters. The molecule has 0 spiro atoms. The summed E-state index contributed by atoms with van der Waals surface area (Å²) in [6, 6.07) is 0. The van der Waals surface area contributed by atoms with Crippen LogP contribution in [-0.2, 0) is 0 Å². The van der Waals surface area contributed by atoms with Crippen LogP contribution in [0.3, 0.4) is 0 Å². The summed E-state index contributed by atoms with van der Waals surface area (Å²) >= 11 is 0. The van der Waals surface area contributed by atoms with E-state index < -0.39 is 5.95 Å². The Labute approximate surface area is 61.4 Å². The first-order valence-electron chi connectivity index (χ1n) is 3.36. The second-order valence-corrected chi connectivity index (χ2v) is 2.65. The standard InChI is InChI=1S/C7H15NO2/c1-5(2)4-6(8-3)7(9)10/h5,8-10H,4H2,1-3H3. The molecule has 0 saturated carbocycles. The number of hydrogen-bond donors (Lipinski definition) is 3. The zero-order valence-corrected chi connectivity index (χ0v) is 6.68. The van der Waals surface area contributed by atoms with Crippen LogP contribution in [0.4, 0.5) is 0 Å². The third-order valence-electron chi connectivity index (χ3n) is 1.18. The van der Waals surface area contributed by atoms with Crippen molar-refractivity contribution in [1.29, 1.82) is 0 Å². The summed E-state index contributed by atoms with van der Waals surface area (Å²) in [6.07, 6.45) is 0.666. The number of aliphatic hydroxyl groups is 2. The van der Waals surface area contributed by atoms with Crippen molar-refractivity contribution in [2.75, 3.05) is 7.05 Å². The van der Waals surface area contributed by atoms with E-state index in [1.165, 1.54) is 0 Å². The van der Waals surface area contributed by atoms with Gasteiger partial charge in [-0.15, -0.1) is 0 Å². The van der Waals surface area contributed by atoms with Gasteiger partial charge in [0.05, 0.1) is 5.70 Å². The van der Waals surface area contributed by atoms with Crippen molar-refractivity contribution in [2.45, 2.75) is 20.3 Å². The number of hydrogen-bond acceptors (Lipinski definition) is 3. The van der Waals surface area contributed by atoms with E-state index in [0.29, 0.717) is 18.0 Å². The van der Waals surface area contributed by atoms with Crippen LogP contribution in [0.25, 0.3) is 0 Å². The molecule has 0 aromatic heterocycles. The lowest BCUT2D eigenvalue weighted by Gasteiger charge is -2.08. The summed E-state index contributed by atoms with van der Waals surface area (Å²) in [5.74, 6) is -0.173. The summed E-state index contributed by atoms with van der Waals surface area (Å²) in [7, 11) is 1.67. The van der Waals surface area contributed by atoms with Crippen molar-refractivity contribution in [2.24, 2.45) is 5.92 Å². The Morgan fingerprint density at radius 3 is 2.00 bits per heavy atom. The molecule has 10 heavy (non-hydrogen) atoms. The molecular formula is C7H15NO2. The summed E-state index contributed by atoms with van der Waals surface area (Å²) < 4.78 is 0. The Morgan fingerprint density at radius 2 is 1.90 bits per heavy atom. The lowest BCUT2D eigenvalue weighted by atomic mass is 10.1. The first-order valence-corrected chi connectivity index (χ1v) is 3.36. The van der Waals surface area contributed by atoms with Crippen molar-refractivity contribution >= 4 is 0 Å². The largest absolute Gasteiger partial charge is 0.480 e. The summed E-state index contributed by atoms with van der Waals surface area (Å²) in [6.45, 7) is 4.03. The van der Waals surface area contributed by atoms with E-state index >= 15 is 0 Å². The van der Waals surface area contributed by atoms with E-state index in [-0.39, 0.29) is 0 Å². The number of nitrogens with one attached hydrogen (secondary N) is 1. The molecule has 0 amide bonds. The van der Waals surface area contributed by atoms with Gasteiger partial charge in [0.15, 0.2) is 0 Å². The number of allylic oxidation sites excluding steroid dienone is 1. The maximum absolute atomic E-state index is 8.63. The van der Waals surface area contributed by atoms with Crippen molar-refractivity contribution in [3.05, 3.63) is 11.6 Å². The van der Waals surface area contributed by atoms with Gasteiger partial charge >= 0.3 is 0 Å². The third kappa shape index (κ3) is 3.22. The molecule has 0 aromatic rings. The second kappa shape index (κ2) is 4.04. The maximum Gasteiger partial charge on any atom is 0.294 e. The predicted octanol–water partition coefficient (Wildman–Crippen LogP) is 1.54. The molecule has 60 valence electrons. The monoisotopic (exact) mass is 145 g/mol. The fourth-order valence-electron chi connectivity index (χ4n) is 0.713. The molecule has 0 rings (SSSR count). The zero-order valence-electron chi connectivity index (χ0n) is 6.68. The van der Waals surface area contributed by atoms with Gasteiger partial charge in [-0.05, 0) is 12.3 Å². The van der Waals surface area contributed by atoms with E-state index in [2.05, 4.69) is 5.32 Å². The van der Waals surface area contributed by atoms with Crippen LogP contribution >= 0.6 is 0 Å². The molecule has 0 heterocycles. The van der Waals surface area contributed by atoms with Gasteiger partial charge in [0.2, 0.25) is 0 Å². The summed E-state index contributed by atoms with van der Waals surface area (Å²) in [5.41, 5.74) is 0.495. The normalized spacial score (nSPS) is 9.60. The summed E-state index contributed by atoms with van der Waals surface area (Å²) in [4.78, 5) is 0. The average molecular weight is 145 g/mol. The Kier molecular flexibility index (Phi) is 3.69. The highest BCUT2D eigenvalue weighted by Crippen LogP contribution is 2.08. The first kappa shape index (κ1) is 9.14. The highest BCUT2D eigenvalue weighted by atomic mass is 16.5. The Balaban J connectivity index is 3.97. The van der Waals surface area contributed by atoms with Crippen LogP contribution in [0.1, 0.15) is 20.3 Å². The third-order valence-corrected chi connectivity index (χ3v) is 1.18. The van der Waals surface area contributed by atoms with Crippen LogP contribution in [0.15, 0.2) is 11.6 Å². The molecule has 3 heteroatoms. The minimum Gasteiger partial charge on any atom is -0.480 e. The molecule has 0 bridgehead atoms. The number of aliphatic hydroxyl groups excluding tert-OH is 1. The van der Waals surface area contributed by atoms with Crippen molar-refractivity contribution in [3.8, 4) is 0 Å². The maximum atomic E-state index is 8.63. The Morgan fingerprint density at radius 1 is 1.40 bits per heavy atom. The Bertz CT molecular complexity index is 126. The second-order valence-electron chi connectivity index (χ2n) is 2.65. The molecule has 0 saturated heterocycles. The van der Waals surface area contributed by atoms with E-state index in [1.807, 2.05) is 13.8 Å². The lowest BCUT2D eigenvalue weighted by molar-refractivity contribution is 0.179. The number of rotatable bonds is 3. The van der Waals surface area contributed by atoms with Gasteiger partial charge in [-0.3, -0.25) is 0 Å². The van der Waals surface area contributed by atoms with Crippen molar-refractivity contribution in [1.82, 2.24) is 5.32 Å². The van der Waals surface area contributed by atoms with Crippen molar-refractivity contribution in [3.63, 3.8) is 0 Å². The fourth-order valence-corrected chi connectivity index (χ4v) is 0.713. The van der Waals surface area contributed by atoms with Gasteiger partial charge in [-0.25, -0.2) is 0 Å². The van der Waals surface area contributed by atoms with Gasteiger partial charge in [0, 0.05) is 7.05 Å². The molecule has 0 aliphatic rings. The van der Waals surface area contributed by atoms with E-state index in [9.17, 15) is 0 Å². The molecule has 0 radical (unpaired) electrons. The van der Waals surface area contributed by atoms with Gasteiger partial charge in [0.25, 0.3) is 5.95 Å². The molecule has 0 aromatic carbocycles. The molecule has 0 aliphatic heterocycles. The van der Waals surface area contributed by atoms with E-state index in [1.54, 1.807) is 7.05 Å². The smallest absolute Gasteiger partial charge is 0.294 e. The van der Waals surface area contributed by atoms with Crippen LogP contribution in [0.5, 0.6) is 0 Å². The summed E-state index contributed by atoms with van der Waals surface area (Å²) in [5, 5.41) is 20.0. The molecule has 3 nitrogen and oxygen atoms in total. The van der Waals surface area contributed by atoms with Gasteiger partial charge in [-0.1, -0.05) is 13.8 Å². The van der Waals surface area contributed by atoms with Gasteiger partial charge in [-0.2, -0.15) is 0 Å². The SMILES string of the molecule is CNC(CC(C)C)=C(O)O.